The van der Waals surface area contributed by atoms with Gasteiger partial charge >= 0.3 is 0 Å². The van der Waals surface area contributed by atoms with E-state index in [9.17, 15) is 9.18 Å². The van der Waals surface area contributed by atoms with E-state index >= 15 is 0 Å². The highest BCUT2D eigenvalue weighted by Gasteiger charge is 2.32. The van der Waals surface area contributed by atoms with Crippen molar-refractivity contribution in [1.82, 2.24) is 0 Å². The Morgan fingerprint density at radius 3 is 2.82 bits per heavy atom. The van der Waals surface area contributed by atoms with Gasteiger partial charge < -0.3 is 5.73 Å². The maximum atomic E-state index is 13.4. The first-order chi connectivity index (χ1) is 8.06. The van der Waals surface area contributed by atoms with Crippen LogP contribution >= 0.6 is 11.6 Å². The molecule has 0 heterocycles. The summed E-state index contributed by atoms with van der Waals surface area (Å²) in [5.74, 6) is -0.654. The summed E-state index contributed by atoms with van der Waals surface area (Å²) in [5, 5.41) is -0.0319. The van der Waals surface area contributed by atoms with E-state index < -0.39 is 5.82 Å². The number of rotatable bonds is 2. The molecule has 1 aromatic rings. The summed E-state index contributed by atoms with van der Waals surface area (Å²) in [4.78, 5) is 12.1. The fraction of sp³-hybridized carbons (Fsp3) is 0.308. The first-order valence-corrected chi connectivity index (χ1v) is 5.91. The van der Waals surface area contributed by atoms with E-state index in [2.05, 4.69) is 0 Å². The van der Waals surface area contributed by atoms with Crippen molar-refractivity contribution in [2.45, 2.75) is 19.8 Å². The number of ketones is 1. The monoisotopic (exact) mass is 253 g/mol. The number of nitrogens with two attached hydrogens (primary N) is 1. The second-order valence-electron chi connectivity index (χ2n) is 4.18. The van der Waals surface area contributed by atoms with Crippen LogP contribution in [0.1, 0.15) is 25.3 Å². The SMILES string of the molecule is CCC1CC(N)=C(c2cccc(F)c2Cl)C1=O. The van der Waals surface area contributed by atoms with Crippen LogP contribution in [-0.4, -0.2) is 5.78 Å². The van der Waals surface area contributed by atoms with Gasteiger partial charge in [-0.1, -0.05) is 30.7 Å². The quantitative estimate of drug-likeness (QED) is 0.880. The molecule has 0 bridgehead atoms. The zero-order chi connectivity index (χ0) is 12.6. The van der Waals surface area contributed by atoms with Crippen LogP contribution in [0.3, 0.4) is 0 Å². The number of hydrogen-bond acceptors (Lipinski definition) is 2. The number of carbonyl (C=O) groups excluding carboxylic acids is 1. The summed E-state index contributed by atoms with van der Waals surface area (Å²) in [6.07, 6.45) is 1.27. The van der Waals surface area contributed by atoms with Gasteiger partial charge in [0, 0.05) is 22.8 Å². The van der Waals surface area contributed by atoms with Gasteiger partial charge in [0.15, 0.2) is 5.78 Å². The van der Waals surface area contributed by atoms with Gasteiger partial charge in [0.05, 0.1) is 5.02 Å². The van der Waals surface area contributed by atoms with E-state index in [1.807, 2.05) is 6.92 Å². The molecule has 4 heteroatoms. The van der Waals surface area contributed by atoms with Crippen LogP contribution in [0.25, 0.3) is 5.57 Å². The molecule has 0 aromatic heterocycles. The molecular weight excluding hydrogens is 241 g/mol. The lowest BCUT2D eigenvalue weighted by molar-refractivity contribution is -0.116. The molecule has 1 aliphatic rings. The average Bonchev–Trinajstić information content (AvgIpc) is 2.58. The Hall–Kier alpha value is -1.35. The Bertz CT molecular complexity index is 510. The molecule has 2 nitrogen and oxygen atoms in total. The largest absolute Gasteiger partial charge is 0.401 e. The third-order valence-electron chi connectivity index (χ3n) is 3.12. The van der Waals surface area contributed by atoms with Gasteiger partial charge in [-0.2, -0.15) is 0 Å². The molecule has 1 unspecified atom stereocenters. The minimum absolute atomic E-state index is 0.0301. The molecule has 0 amide bonds. The standard InChI is InChI=1S/C13H13ClFNO/c1-2-7-6-10(16)11(13(7)17)8-4-3-5-9(15)12(8)14/h3-5,7H,2,6,16H2,1H3. The molecule has 0 spiro atoms. The number of Topliss-reactive ketones (excluding diaryl/α,β-unsaturated/α-hetero) is 1. The highest BCUT2D eigenvalue weighted by atomic mass is 35.5. The molecule has 0 aliphatic heterocycles. The van der Waals surface area contributed by atoms with Crippen molar-refractivity contribution < 1.29 is 9.18 Å². The second-order valence-corrected chi connectivity index (χ2v) is 4.55. The van der Waals surface area contributed by atoms with Gasteiger partial charge in [-0.15, -0.1) is 0 Å². The van der Waals surface area contributed by atoms with Crippen molar-refractivity contribution >= 4 is 23.0 Å². The highest BCUT2D eigenvalue weighted by molar-refractivity contribution is 6.36. The predicted octanol–water partition coefficient (Wildman–Crippen LogP) is 3.15. The van der Waals surface area contributed by atoms with E-state index in [-0.39, 0.29) is 16.7 Å². The third-order valence-corrected chi connectivity index (χ3v) is 3.50. The zero-order valence-corrected chi connectivity index (χ0v) is 10.2. The molecule has 0 saturated heterocycles. The first kappa shape index (κ1) is 12.1. The molecule has 0 saturated carbocycles. The van der Waals surface area contributed by atoms with E-state index in [0.29, 0.717) is 23.3 Å². The van der Waals surface area contributed by atoms with Crippen LogP contribution in [-0.2, 0) is 4.79 Å². The number of carbonyl (C=O) groups is 1. The lowest BCUT2D eigenvalue weighted by Gasteiger charge is -2.07. The van der Waals surface area contributed by atoms with Crippen LogP contribution in [0.2, 0.25) is 5.02 Å². The molecule has 1 aliphatic carbocycles. The fourth-order valence-electron chi connectivity index (χ4n) is 2.15. The molecule has 1 aromatic carbocycles. The number of benzene rings is 1. The van der Waals surface area contributed by atoms with Crippen molar-refractivity contribution in [3.05, 3.63) is 40.3 Å². The Morgan fingerprint density at radius 2 is 2.24 bits per heavy atom. The van der Waals surface area contributed by atoms with E-state index in [1.54, 1.807) is 6.07 Å². The summed E-state index contributed by atoms with van der Waals surface area (Å²) < 4.78 is 13.4. The summed E-state index contributed by atoms with van der Waals surface area (Å²) in [6, 6.07) is 4.42. The van der Waals surface area contributed by atoms with Gasteiger partial charge in [-0.25, -0.2) is 4.39 Å². The third kappa shape index (κ3) is 1.95. The summed E-state index contributed by atoms with van der Waals surface area (Å²) in [5.41, 5.74) is 7.17. The van der Waals surface area contributed by atoms with Crippen LogP contribution in [0.4, 0.5) is 4.39 Å². The Labute approximate surface area is 104 Å². The molecule has 0 radical (unpaired) electrons. The van der Waals surface area contributed by atoms with Gasteiger partial charge in [-0.3, -0.25) is 4.79 Å². The van der Waals surface area contributed by atoms with Crippen LogP contribution in [0.15, 0.2) is 23.9 Å². The summed E-state index contributed by atoms with van der Waals surface area (Å²) in [7, 11) is 0. The number of halogens is 2. The summed E-state index contributed by atoms with van der Waals surface area (Å²) in [6.45, 7) is 1.94. The van der Waals surface area contributed by atoms with Crippen molar-refractivity contribution in [3.63, 3.8) is 0 Å². The normalized spacial score (nSPS) is 20.2. The molecule has 2 N–H and O–H groups in total. The lowest BCUT2D eigenvalue weighted by Crippen LogP contribution is -2.08. The predicted molar refractivity (Wildman–Crippen MR) is 65.9 cm³/mol. The molecule has 1 atom stereocenters. The van der Waals surface area contributed by atoms with E-state index in [1.165, 1.54) is 12.1 Å². The minimum Gasteiger partial charge on any atom is -0.401 e. The number of hydrogen-bond donors (Lipinski definition) is 1. The highest BCUT2D eigenvalue weighted by Crippen LogP contribution is 2.37. The summed E-state index contributed by atoms with van der Waals surface area (Å²) >= 11 is 5.88. The second kappa shape index (κ2) is 4.49. The molecular formula is C13H13ClFNO. The smallest absolute Gasteiger partial charge is 0.168 e. The lowest BCUT2D eigenvalue weighted by atomic mass is 9.97. The molecule has 0 fully saturated rings. The Balaban J connectivity index is 2.51. The van der Waals surface area contributed by atoms with Gasteiger partial charge in [-0.05, 0) is 18.9 Å². The van der Waals surface area contributed by atoms with Crippen LogP contribution in [0, 0.1) is 11.7 Å². The first-order valence-electron chi connectivity index (χ1n) is 5.53. The maximum Gasteiger partial charge on any atom is 0.168 e. The van der Waals surface area contributed by atoms with Gasteiger partial charge in [0.25, 0.3) is 0 Å². The molecule has 90 valence electrons. The molecule has 2 rings (SSSR count). The zero-order valence-electron chi connectivity index (χ0n) is 9.47. The van der Waals surface area contributed by atoms with Crippen LogP contribution in [0.5, 0.6) is 0 Å². The van der Waals surface area contributed by atoms with Crippen LogP contribution < -0.4 is 5.73 Å². The van der Waals surface area contributed by atoms with Crippen molar-refractivity contribution in [2.24, 2.45) is 11.7 Å². The average molecular weight is 254 g/mol. The maximum absolute atomic E-state index is 13.4. The fourth-order valence-corrected chi connectivity index (χ4v) is 2.38. The van der Waals surface area contributed by atoms with Crippen molar-refractivity contribution in [1.29, 1.82) is 0 Å². The van der Waals surface area contributed by atoms with Crippen molar-refractivity contribution in [3.8, 4) is 0 Å². The van der Waals surface area contributed by atoms with Gasteiger partial charge in [0.2, 0.25) is 0 Å². The Morgan fingerprint density at radius 1 is 1.53 bits per heavy atom. The molecule has 17 heavy (non-hydrogen) atoms. The van der Waals surface area contributed by atoms with Crippen molar-refractivity contribution in [2.75, 3.05) is 0 Å². The van der Waals surface area contributed by atoms with E-state index in [0.717, 1.165) is 6.42 Å². The number of allylic oxidation sites excluding steroid dienone is 2. The van der Waals surface area contributed by atoms with Gasteiger partial charge in [0.1, 0.15) is 5.82 Å². The topological polar surface area (TPSA) is 43.1 Å². The Kier molecular flexibility index (Phi) is 3.20. The van der Waals surface area contributed by atoms with E-state index in [4.69, 9.17) is 17.3 Å². The minimum atomic E-state index is -0.530.